The molecule has 0 aliphatic rings. The fraction of sp³-hybridized carbons (Fsp3) is 0.250. The molecule has 0 radical (unpaired) electrons. The highest BCUT2D eigenvalue weighted by Crippen LogP contribution is 2.20. The molecule has 3 aromatic rings. The SMILES string of the molecule is CC(NC(=O)C(NC(=O)c1ccccc1)C(C)C)c1ccc2ccccc2c1. The number of fused-ring (bicyclic) bond motifs is 1. The zero-order valence-electron chi connectivity index (χ0n) is 16.5. The van der Waals surface area contributed by atoms with Gasteiger partial charge in [-0.25, -0.2) is 0 Å². The molecule has 2 unspecified atom stereocenters. The van der Waals surface area contributed by atoms with E-state index in [2.05, 4.69) is 34.9 Å². The van der Waals surface area contributed by atoms with Crippen molar-refractivity contribution < 1.29 is 9.59 Å². The highest BCUT2D eigenvalue weighted by atomic mass is 16.2. The van der Waals surface area contributed by atoms with Crippen molar-refractivity contribution in [1.29, 1.82) is 0 Å². The molecule has 0 fully saturated rings. The Bertz CT molecular complexity index is 967. The highest BCUT2D eigenvalue weighted by Gasteiger charge is 2.26. The summed E-state index contributed by atoms with van der Waals surface area (Å²) in [5, 5.41) is 8.22. The summed E-state index contributed by atoms with van der Waals surface area (Å²) in [6, 6.07) is 22.5. The number of carbonyl (C=O) groups excluding carboxylic acids is 2. The van der Waals surface area contributed by atoms with Crippen LogP contribution >= 0.6 is 0 Å². The van der Waals surface area contributed by atoms with E-state index < -0.39 is 6.04 Å². The number of nitrogens with one attached hydrogen (secondary N) is 2. The van der Waals surface area contributed by atoms with Crippen molar-refractivity contribution in [3.8, 4) is 0 Å². The summed E-state index contributed by atoms with van der Waals surface area (Å²) in [6.45, 7) is 5.81. The third-order valence-electron chi connectivity index (χ3n) is 4.90. The van der Waals surface area contributed by atoms with E-state index in [4.69, 9.17) is 0 Å². The van der Waals surface area contributed by atoms with Gasteiger partial charge in [-0.1, -0.05) is 68.4 Å². The molecule has 0 aromatic heterocycles. The molecule has 2 atom stereocenters. The average Bonchev–Trinajstić information content (AvgIpc) is 2.71. The number of hydrogen-bond acceptors (Lipinski definition) is 2. The van der Waals surface area contributed by atoms with Crippen LogP contribution in [0.15, 0.2) is 72.8 Å². The van der Waals surface area contributed by atoms with Crippen LogP contribution in [0.3, 0.4) is 0 Å². The second-order valence-corrected chi connectivity index (χ2v) is 7.40. The number of hydrogen-bond donors (Lipinski definition) is 2. The Kier molecular flexibility index (Phi) is 6.09. The number of benzene rings is 3. The summed E-state index contributed by atoms with van der Waals surface area (Å²) in [5.74, 6) is -0.454. The minimum atomic E-state index is -0.601. The summed E-state index contributed by atoms with van der Waals surface area (Å²) in [4.78, 5) is 25.3. The molecule has 4 nitrogen and oxygen atoms in total. The van der Waals surface area contributed by atoms with Gasteiger partial charge in [-0.2, -0.15) is 0 Å². The van der Waals surface area contributed by atoms with E-state index in [0.717, 1.165) is 10.9 Å². The normalized spacial score (nSPS) is 13.1. The lowest BCUT2D eigenvalue weighted by molar-refractivity contribution is -0.124. The molecule has 3 aromatic carbocycles. The quantitative estimate of drug-likeness (QED) is 0.669. The molecular weight excluding hydrogens is 348 g/mol. The molecule has 0 bridgehead atoms. The molecule has 0 heterocycles. The van der Waals surface area contributed by atoms with Gasteiger partial charge in [0.1, 0.15) is 6.04 Å². The molecule has 0 saturated heterocycles. The van der Waals surface area contributed by atoms with Crippen molar-refractivity contribution in [2.75, 3.05) is 0 Å². The summed E-state index contributed by atoms with van der Waals surface area (Å²) in [7, 11) is 0. The Balaban J connectivity index is 1.71. The van der Waals surface area contributed by atoms with E-state index >= 15 is 0 Å². The molecule has 0 aliphatic carbocycles. The number of carbonyl (C=O) groups is 2. The molecular formula is C24H26N2O2. The second kappa shape index (κ2) is 8.70. The number of rotatable bonds is 6. The third kappa shape index (κ3) is 4.58. The second-order valence-electron chi connectivity index (χ2n) is 7.40. The first kappa shape index (κ1) is 19.6. The first-order chi connectivity index (χ1) is 13.5. The van der Waals surface area contributed by atoms with Crippen LogP contribution in [0.1, 0.15) is 42.7 Å². The summed E-state index contributed by atoms with van der Waals surface area (Å²) in [5.41, 5.74) is 1.58. The molecule has 0 spiro atoms. The molecule has 144 valence electrons. The minimum Gasteiger partial charge on any atom is -0.348 e. The lowest BCUT2D eigenvalue weighted by Crippen LogP contribution is -2.50. The number of amides is 2. The Labute approximate surface area is 166 Å². The summed E-state index contributed by atoms with van der Waals surface area (Å²) >= 11 is 0. The van der Waals surface area contributed by atoms with Gasteiger partial charge in [0, 0.05) is 5.56 Å². The van der Waals surface area contributed by atoms with Gasteiger partial charge in [0.05, 0.1) is 6.04 Å². The van der Waals surface area contributed by atoms with E-state index in [1.54, 1.807) is 24.3 Å². The van der Waals surface area contributed by atoms with Crippen molar-refractivity contribution in [1.82, 2.24) is 10.6 Å². The highest BCUT2D eigenvalue weighted by molar-refractivity contribution is 5.97. The predicted molar refractivity (Wildman–Crippen MR) is 113 cm³/mol. The summed E-state index contributed by atoms with van der Waals surface area (Å²) in [6.07, 6.45) is 0. The van der Waals surface area contributed by atoms with Crippen LogP contribution in [-0.4, -0.2) is 17.9 Å². The van der Waals surface area contributed by atoms with Crippen LogP contribution in [0, 0.1) is 5.92 Å². The van der Waals surface area contributed by atoms with Crippen LogP contribution < -0.4 is 10.6 Å². The van der Waals surface area contributed by atoms with Gasteiger partial charge >= 0.3 is 0 Å². The van der Waals surface area contributed by atoms with Gasteiger partial charge in [-0.3, -0.25) is 9.59 Å². The molecule has 4 heteroatoms. The van der Waals surface area contributed by atoms with Crippen LogP contribution in [0.5, 0.6) is 0 Å². The van der Waals surface area contributed by atoms with Crippen LogP contribution in [0.4, 0.5) is 0 Å². The van der Waals surface area contributed by atoms with E-state index in [9.17, 15) is 9.59 Å². The fourth-order valence-electron chi connectivity index (χ4n) is 3.21. The largest absolute Gasteiger partial charge is 0.348 e. The first-order valence-corrected chi connectivity index (χ1v) is 9.60. The molecule has 28 heavy (non-hydrogen) atoms. The van der Waals surface area contributed by atoms with E-state index in [0.29, 0.717) is 5.56 Å². The van der Waals surface area contributed by atoms with Crippen molar-refractivity contribution in [2.24, 2.45) is 5.92 Å². The van der Waals surface area contributed by atoms with Crippen LogP contribution in [0.25, 0.3) is 10.8 Å². The topological polar surface area (TPSA) is 58.2 Å². The Morgan fingerprint density at radius 3 is 2.07 bits per heavy atom. The summed E-state index contributed by atoms with van der Waals surface area (Å²) < 4.78 is 0. The van der Waals surface area contributed by atoms with Gasteiger partial charge in [0.25, 0.3) is 5.91 Å². The minimum absolute atomic E-state index is 0.0311. The maximum absolute atomic E-state index is 12.9. The van der Waals surface area contributed by atoms with Gasteiger partial charge in [0.2, 0.25) is 5.91 Å². The fourth-order valence-corrected chi connectivity index (χ4v) is 3.21. The van der Waals surface area contributed by atoms with Gasteiger partial charge in [-0.05, 0) is 47.4 Å². The molecule has 3 rings (SSSR count). The average molecular weight is 374 g/mol. The molecule has 2 amide bonds. The van der Waals surface area contributed by atoms with Gasteiger partial charge < -0.3 is 10.6 Å². The predicted octanol–water partition coefficient (Wildman–Crippen LogP) is 4.47. The molecule has 0 aliphatic heterocycles. The third-order valence-corrected chi connectivity index (χ3v) is 4.90. The first-order valence-electron chi connectivity index (χ1n) is 9.60. The van der Waals surface area contributed by atoms with E-state index in [1.165, 1.54) is 5.39 Å². The van der Waals surface area contributed by atoms with Gasteiger partial charge in [0.15, 0.2) is 0 Å². The Hall–Kier alpha value is -3.14. The van der Waals surface area contributed by atoms with Crippen molar-refractivity contribution in [2.45, 2.75) is 32.9 Å². The zero-order chi connectivity index (χ0) is 20.1. The lowest BCUT2D eigenvalue weighted by atomic mass is 10.00. The van der Waals surface area contributed by atoms with E-state index in [1.807, 2.05) is 45.0 Å². The van der Waals surface area contributed by atoms with Gasteiger partial charge in [-0.15, -0.1) is 0 Å². The molecule has 0 saturated carbocycles. The van der Waals surface area contributed by atoms with Crippen LogP contribution in [0.2, 0.25) is 0 Å². The smallest absolute Gasteiger partial charge is 0.251 e. The maximum Gasteiger partial charge on any atom is 0.251 e. The molecule has 2 N–H and O–H groups in total. The Morgan fingerprint density at radius 2 is 1.39 bits per heavy atom. The van der Waals surface area contributed by atoms with Crippen molar-refractivity contribution in [3.63, 3.8) is 0 Å². The Morgan fingerprint density at radius 1 is 0.750 bits per heavy atom. The monoisotopic (exact) mass is 374 g/mol. The standard InChI is InChI=1S/C24H26N2O2/c1-16(2)22(26-23(27)19-10-5-4-6-11-19)24(28)25-17(3)20-14-13-18-9-7-8-12-21(18)15-20/h4-17,22H,1-3H3,(H,25,28)(H,26,27). The van der Waals surface area contributed by atoms with E-state index in [-0.39, 0.29) is 23.8 Å². The zero-order valence-corrected chi connectivity index (χ0v) is 16.5. The maximum atomic E-state index is 12.9. The van der Waals surface area contributed by atoms with Crippen molar-refractivity contribution in [3.05, 3.63) is 83.9 Å². The van der Waals surface area contributed by atoms with Crippen LogP contribution in [-0.2, 0) is 4.79 Å². The lowest BCUT2D eigenvalue weighted by Gasteiger charge is -2.24. The van der Waals surface area contributed by atoms with Crippen molar-refractivity contribution >= 4 is 22.6 Å².